The van der Waals surface area contributed by atoms with Gasteiger partial charge in [-0.2, -0.15) is 5.26 Å². The molecular formula is C46H52F3N9O5. The summed E-state index contributed by atoms with van der Waals surface area (Å²) in [7, 11) is 0. The number of hydrogen-bond acceptors (Lipinski definition) is 11. The third-order valence-corrected chi connectivity index (χ3v) is 13.8. The van der Waals surface area contributed by atoms with Crippen molar-refractivity contribution in [2.45, 2.75) is 75.9 Å². The number of carbonyl (C=O) groups excluding carboxylic acids is 5. The van der Waals surface area contributed by atoms with Gasteiger partial charge in [-0.25, -0.2) is 18.2 Å². The Morgan fingerprint density at radius 2 is 1.51 bits per heavy atom. The van der Waals surface area contributed by atoms with Crippen molar-refractivity contribution in [2.75, 3.05) is 78.9 Å². The van der Waals surface area contributed by atoms with Crippen LogP contribution in [0.3, 0.4) is 0 Å². The summed E-state index contributed by atoms with van der Waals surface area (Å²) >= 11 is 0. The molecule has 332 valence electrons. The number of rotatable bonds is 13. The molecule has 0 aliphatic carbocycles. The summed E-state index contributed by atoms with van der Waals surface area (Å²) < 4.78 is 44.2. The molecule has 1 atom stereocenters. The molecule has 0 radical (unpaired) electrons. The monoisotopic (exact) mass is 867 g/mol. The van der Waals surface area contributed by atoms with Crippen LogP contribution in [0.25, 0.3) is 0 Å². The van der Waals surface area contributed by atoms with Gasteiger partial charge in [-0.15, -0.1) is 0 Å². The third kappa shape index (κ3) is 8.82. The van der Waals surface area contributed by atoms with Crippen molar-refractivity contribution in [1.29, 1.82) is 5.26 Å². The number of nitriles is 1. The van der Waals surface area contributed by atoms with E-state index in [4.69, 9.17) is 5.73 Å². The van der Waals surface area contributed by atoms with E-state index in [-0.39, 0.29) is 72.3 Å². The maximum atomic E-state index is 15.9. The fourth-order valence-corrected chi connectivity index (χ4v) is 10.1. The molecule has 4 amide bonds. The Kier molecular flexibility index (Phi) is 12.0. The molecule has 5 aliphatic heterocycles. The van der Waals surface area contributed by atoms with Crippen LogP contribution in [0.4, 0.5) is 36.1 Å². The summed E-state index contributed by atoms with van der Waals surface area (Å²) in [6.45, 7) is 7.59. The summed E-state index contributed by atoms with van der Waals surface area (Å²) in [4.78, 5) is 76.7. The second kappa shape index (κ2) is 17.3. The highest BCUT2D eigenvalue weighted by molar-refractivity contribution is 6.23. The molecular weight excluding hydrogens is 816 g/mol. The van der Waals surface area contributed by atoms with Crippen molar-refractivity contribution in [1.82, 2.24) is 14.8 Å². The zero-order valence-electron chi connectivity index (χ0n) is 35.3. The van der Waals surface area contributed by atoms with Gasteiger partial charge in [0.15, 0.2) is 5.67 Å². The minimum absolute atomic E-state index is 0.00457. The smallest absolute Gasteiger partial charge is 0.271 e. The van der Waals surface area contributed by atoms with Crippen LogP contribution in [-0.2, 0) is 20.3 Å². The molecule has 14 nitrogen and oxygen atoms in total. The molecule has 3 aromatic rings. The summed E-state index contributed by atoms with van der Waals surface area (Å²) in [6.07, 6.45) is 6.21. The van der Waals surface area contributed by atoms with Gasteiger partial charge in [0.1, 0.15) is 18.1 Å². The number of nitrogens with one attached hydrogen (secondary N) is 1. The van der Waals surface area contributed by atoms with Crippen molar-refractivity contribution in [3.8, 4) is 6.07 Å². The third-order valence-electron chi connectivity index (χ3n) is 13.8. The number of piperidine rings is 3. The molecule has 0 bridgehead atoms. The van der Waals surface area contributed by atoms with Crippen LogP contribution in [0.2, 0.25) is 0 Å². The molecule has 1 aromatic heterocycles. The van der Waals surface area contributed by atoms with E-state index in [1.54, 1.807) is 41.4 Å². The van der Waals surface area contributed by atoms with Gasteiger partial charge in [0, 0.05) is 102 Å². The van der Waals surface area contributed by atoms with E-state index in [0.29, 0.717) is 17.9 Å². The zero-order chi connectivity index (χ0) is 44.7. The molecule has 1 spiro atoms. The van der Waals surface area contributed by atoms with Crippen LogP contribution < -0.4 is 25.8 Å². The van der Waals surface area contributed by atoms with Gasteiger partial charge in [0.25, 0.3) is 23.6 Å². The average Bonchev–Trinajstić information content (AvgIpc) is 3.51. The van der Waals surface area contributed by atoms with Crippen molar-refractivity contribution in [2.24, 2.45) is 17.1 Å². The molecule has 8 rings (SSSR count). The molecule has 2 aromatic carbocycles. The SMILES string of the molecule is CC(F)(F)c1cc(N2CCC(F)(C(=O)Nc3ccc(N4CCC(CN5CC6(CCN(c7ccc8c(c7)C(=O)N(C(CCC=O)C(N)=O)C8=O)CC6)C5)CC4)cn3)CC2)ccc1C#N. The Bertz CT molecular complexity index is 2300. The number of pyridine rings is 1. The largest absolute Gasteiger partial charge is 0.371 e. The second-order valence-corrected chi connectivity index (χ2v) is 18.0. The van der Waals surface area contributed by atoms with Crippen LogP contribution in [0.1, 0.15) is 90.1 Å². The molecule has 4 fully saturated rings. The van der Waals surface area contributed by atoms with Crippen molar-refractivity contribution >= 4 is 52.8 Å². The molecule has 1 unspecified atom stereocenters. The molecule has 6 heterocycles. The number of nitrogens with two attached hydrogens (primary N) is 1. The van der Waals surface area contributed by atoms with Crippen LogP contribution in [-0.4, -0.2) is 115 Å². The number of hydrogen-bond donors (Lipinski definition) is 2. The number of halogens is 3. The maximum Gasteiger partial charge on any atom is 0.271 e. The summed E-state index contributed by atoms with van der Waals surface area (Å²) in [5, 5.41) is 11.9. The van der Waals surface area contributed by atoms with Crippen LogP contribution >= 0.6 is 0 Å². The highest BCUT2D eigenvalue weighted by Crippen LogP contribution is 2.43. The Labute approximate surface area is 364 Å². The first kappa shape index (κ1) is 43.6. The van der Waals surface area contributed by atoms with E-state index in [2.05, 4.69) is 25.0 Å². The Balaban J connectivity index is 0.758. The average molecular weight is 868 g/mol. The standard InChI is InChI=1S/C46H52F3N9O5/c1-44(47,48)37-24-33(5-4-31(37)25-50)57-20-14-46(49,15-21-57)43(63)53-39-9-7-34(26-52-39)55-16-10-30(11-17-55)27-54-28-45(29-54)12-18-56(19-13-45)32-6-8-35-36(23-32)42(62)58(41(35)61)38(40(51)60)3-2-22-59/h4-9,22-24,26,30,38H,2-3,10-21,27-29H2,1H3,(H2,51,60)(H,52,53,63). The number of anilines is 4. The van der Waals surface area contributed by atoms with Gasteiger partial charge in [-0.3, -0.25) is 24.1 Å². The molecule has 3 N–H and O–H groups in total. The first-order valence-corrected chi connectivity index (χ1v) is 21.7. The zero-order valence-corrected chi connectivity index (χ0v) is 35.3. The summed E-state index contributed by atoms with van der Waals surface area (Å²) in [5.74, 6) is -5.11. The molecule has 0 saturated carbocycles. The van der Waals surface area contributed by atoms with Gasteiger partial charge in [-0.1, -0.05) is 0 Å². The van der Waals surface area contributed by atoms with Crippen molar-refractivity contribution in [3.05, 3.63) is 77.0 Å². The quantitative estimate of drug-likeness (QED) is 0.169. The van der Waals surface area contributed by atoms with Gasteiger partial charge in [0.05, 0.1) is 34.6 Å². The molecule has 4 saturated heterocycles. The van der Waals surface area contributed by atoms with Crippen molar-refractivity contribution < 1.29 is 37.1 Å². The lowest BCUT2D eigenvalue weighted by Gasteiger charge is -2.55. The summed E-state index contributed by atoms with van der Waals surface area (Å²) in [5.41, 5.74) is 5.87. The first-order chi connectivity index (χ1) is 30.1. The van der Waals surface area contributed by atoms with E-state index in [1.807, 2.05) is 12.1 Å². The predicted octanol–water partition coefficient (Wildman–Crippen LogP) is 5.26. The van der Waals surface area contributed by atoms with Crippen LogP contribution in [0.15, 0.2) is 54.7 Å². The number of primary amides is 1. The van der Waals surface area contributed by atoms with Crippen LogP contribution in [0, 0.1) is 22.7 Å². The Morgan fingerprint density at radius 3 is 2.11 bits per heavy atom. The van der Waals surface area contributed by atoms with Gasteiger partial charge in [0.2, 0.25) is 5.91 Å². The van der Waals surface area contributed by atoms with Gasteiger partial charge >= 0.3 is 0 Å². The van der Waals surface area contributed by atoms with E-state index in [9.17, 15) is 38.0 Å². The number of benzene rings is 2. The highest BCUT2D eigenvalue weighted by atomic mass is 19.3. The maximum absolute atomic E-state index is 15.9. The normalized spacial score (nSPS) is 20.6. The number of imide groups is 1. The lowest BCUT2D eigenvalue weighted by Crippen LogP contribution is -2.61. The van der Waals surface area contributed by atoms with Crippen LogP contribution in [0.5, 0.6) is 0 Å². The number of alkyl halides is 3. The predicted molar refractivity (Wildman–Crippen MR) is 229 cm³/mol. The summed E-state index contributed by atoms with van der Waals surface area (Å²) in [6, 6.07) is 13.6. The second-order valence-electron chi connectivity index (χ2n) is 18.0. The van der Waals surface area contributed by atoms with E-state index in [1.165, 1.54) is 12.1 Å². The van der Waals surface area contributed by atoms with Gasteiger partial charge < -0.3 is 35.4 Å². The number of likely N-dealkylation sites (tertiary alicyclic amines) is 1. The number of nitrogens with zero attached hydrogens (tertiary/aromatic N) is 7. The molecule has 17 heteroatoms. The van der Waals surface area contributed by atoms with E-state index < -0.39 is 41.3 Å². The molecule has 63 heavy (non-hydrogen) atoms. The lowest BCUT2D eigenvalue weighted by molar-refractivity contribution is -0.128. The topological polar surface area (TPSA) is 176 Å². The van der Waals surface area contributed by atoms with E-state index >= 15 is 4.39 Å². The first-order valence-electron chi connectivity index (χ1n) is 21.7. The number of aldehydes is 1. The number of carbonyl (C=O) groups is 5. The van der Waals surface area contributed by atoms with Crippen molar-refractivity contribution in [3.63, 3.8) is 0 Å². The number of amides is 4. The minimum Gasteiger partial charge on any atom is -0.371 e. The highest BCUT2D eigenvalue weighted by Gasteiger charge is 2.47. The Hall–Kier alpha value is -6.02. The van der Waals surface area contributed by atoms with E-state index in [0.717, 1.165) is 94.7 Å². The minimum atomic E-state index is -3.21. The Morgan fingerprint density at radius 1 is 0.905 bits per heavy atom. The number of aromatic nitrogens is 1. The lowest BCUT2D eigenvalue weighted by atomic mass is 9.71. The fraction of sp³-hybridized carbons (Fsp3) is 0.500. The molecule has 5 aliphatic rings. The fourth-order valence-electron chi connectivity index (χ4n) is 10.1. The van der Waals surface area contributed by atoms with Gasteiger partial charge in [-0.05, 0) is 92.0 Å². The number of fused-ring (bicyclic) bond motifs is 1.